The highest BCUT2D eigenvalue weighted by atomic mass is 16.2. The molecule has 0 radical (unpaired) electrons. The van der Waals surface area contributed by atoms with E-state index in [1.807, 2.05) is 32.9 Å². The fraction of sp³-hybridized carbons (Fsp3) is 0.500. The van der Waals surface area contributed by atoms with Crippen LogP contribution in [0.4, 0.5) is 0 Å². The van der Waals surface area contributed by atoms with Crippen molar-refractivity contribution in [3.63, 3.8) is 0 Å². The molecule has 1 aromatic rings. The molecule has 1 amide bonds. The van der Waals surface area contributed by atoms with E-state index in [2.05, 4.69) is 10.3 Å². The van der Waals surface area contributed by atoms with E-state index in [4.69, 9.17) is 5.73 Å². The van der Waals surface area contributed by atoms with Gasteiger partial charge in [-0.15, -0.1) is 0 Å². The van der Waals surface area contributed by atoms with Crippen molar-refractivity contribution in [2.45, 2.75) is 32.9 Å². The molecule has 16 heavy (non-hydrogen) atoms. The molecule has 4 heteroatoms. The van der Waals surface area contributed by atoms with Crippen molar-refractivity contribution in [1.82, 2.24) is 10.3 Å². The number of nitrogens with two attached hydrogens (primary N) is 1. The summed E-state index contributed by atoms with van der Waals surface area (Å²) in [7, 11) is 0. The van der Waals surface area contributed by atoms with Gasteiger partial charge in [0, 0.05) is 12.4 Å². The van der Waals surface area contributed by atoms with Gasteiger partial charge in [-0.25, -0.2) is 0 Å². The Morgan fingerprint density at radius 2 is 1.88 bits per heavy atom. The topological polar surface area (TPSA) is 68.0 Å². The van der Waals surface area contributed by atoms with Gasteiger partial charge >= 0.3 is 0 Å². The molecule has 0 saturated carbocycles. The molecule has 0 aliphatic carbocycles. The van der Waals surface area contributed by atoms with Crippen LogP contribution in [0.2, 0.25) is 0 Å². The van der Waals surface area contributed by atoms with Crippen LogP contribution in [0.1, 0.15) is 32.4 Å². The number of amides is 1. The average molecular weight is 221 g/mol. The molecule has 4 nitrogen and oxygen atoms in total. The number of pyridine rings is 1. The smallest absolute Gasteiger partial charge is 0.237 e. The first-order valence-electron chi connectivity index (χ1n) is 5.48. The van der Waals surface area contributed by atoms with Crippen molar-refractivity contribution in [2.75, 3.05) is 0 Å². The highest BCUT2D eigenvalue weighted by Gasteiger charge is 2.19. The lowest BCUT2D eigenvalue weighted by atomic mass is 10.0. The summed E-state index contributed by atoms with van der Waals surface area (Å²) in [5.74, 6) is 0.0314. The summed E-state index contributed by atoms with van der Waals surface area (Å²) in [5.41, 5.74) is 6.79. The third-order valence-corrected chi connectivity index (χ3v) is 2.59. The van der Waals surface area contributed by atoms with Gasteiger partial charge in [-0.3, -0.25) is 9.78 Å². The SMILES string of the molecule is CC(C)C(N)C(=O)N[C@H](C)c1ccncc1. The zero-order valence-electron chi connectivity index (χ0n) is 9.97. The molecule has 1 heterocycles. The Labute approximate surface area is 96.3 Å². The van der Waals surface area contributed by atoms with E-state index in [-0.39, 0.29) is 17.9 Å². The molecule has 0 bridgehead atoms. The monoisotopic (exact) mass is 221 g/mol. The van der Waals surface area contributed by atoms with Crippen molar-refractivity contribution in [2.24, 2.45) is 11.7 Å². The van der Waals surface area contributed by atoms with E-state index in [0.29, 0.717) is 0 Å². The Hall–Kier alpha value is -1.42. The van der Waals surface area contributed by atoms with Crippen molar-refractivity contribution in [1.29, 1.82) is 0 Å². The van der Waals surface area contributed by atoms with Gasteiger partial charge in [0.1, 0.15) is 0 Å². The lowest BCUT2D eigenvalue weighted by molar-refractivity contribution is -0.123. The standard InChI is InChI=1S/C12H19N3O/c1-8(2)11(13)12(16)15-9(3)10-4-6-14-7-5-10/h4-9,11H,13H2,1-3H3,(H,15,16)/t9-,11?/m1/s1. The summed E-state index contributed by atoms with van der Waals surface area (Å²) < 4.78 is 0. The average Bonchev–Trinajstić information content (AvgIpc) is 2.28. The summed E-state index contributed by atoms with van der Waals surface area (Å²) in [6, 6.07) is 3.27. The van der Waals surface area contributed by atoms with Gasteiger partial charge < -0.3 is 11.1 Å². The predicted octanol–water partition coefficient (Wildman–Crippen LogP) is 1.24. The zero-order chi connectivity index (χ0) is 12.1. The second kappa shape index (κ2) is 5.61. The number of hydrogen-bond donors (Lipinski definition) is 2. The van der Waals surface area contributed by atoms with E-state index in [1.165, 1.54) is 0 Å². The number of rotatable bonds is 4. The highest BCUT2D eigenvalue weighted by Crippen LogP contribution is 2.10. The number of carbonyl (C=O) groups excluding carboxylic acids is 1. The Morgan fingerprint density at radius 3 is 2.38 bits per heavy atom. The molecule has 1 rings (SSSR count). The molecule has 0 aliphatic rings. The maximum atomic E-state index is 11.7. The van der Waals surface area contributed by atoms with Gasteiger partial charge in [0.2, 0.25) is 5.91 Å². The number of carbonyl (C=O) groups is 1. The van der Waals surface area contributed by atoms with Crippen LogP contribution < -0.4 is 11.1 Å². The minimum Gasteiger partial charge on any atom is -0.348 e. The van der Waals surface area contributed by atoms with E-state index in [1.54, 1.807) is 12.4 Å². The van der Waals surface area contributed by atoms with Crippen LogP contribution in [-0.4, -0.2) is 16.9 Å². The Morgan fingerprint density at radius 1 is 1.31 bits per heavy atom. The van der Waals surface area contributed by atoms with Gasteiger partial charge in [0.25, 0.3) is 0 Å². The van der Waals surface area contributed by atoms with Crippen LogP contribution in [-0.2, 0) is 4.79 Å². The molecule has 88 valence electrons. The van der Waals surface area contributed by atoms with E-state index < -0.39 is 6.04 Å². The van der Waals surface area contributed by atoms with Crippen LogP contribution in [0, 0.1) is 5.92 Å². The summed E-state index contributed by atoms with van der Waals surface area (Å²) >= 11 is 0. The summed E-state index contributed by atoms with van der Waals surface area (Å²) in [4.78, 5) is 15.6. The van der Waals surface area contributed by atoms with Crippen LogP contribution in [0.5, 0.6) is 0 Å². The molecule has 2 atom stereocenters. The Bertz CT molecular complexity index is 337. The second-order valence-corrected chi connectivity index (χ2v) is 4.28. The molecule has 0 spiro atoms. The molecule has 0 saturated heterocycles. The van der Waals surface area contributed by atoms with Crippen molar-refractivity contribution in [3.8, 4) is 0 Å². The first-order valence-corrected chi connectivity index (χ1v) is 5.48. The predicted molar refractivity (Wildman–Crippen MR) is 63.6 cm³/mol. The molecular weight excluding hydrogens is 202 g/mol. The van der Waals surface area contributed by atoms with Crippen LogP contribution >= 0.6 is 0 Å². The van der Waals surface area contributed by atoms with Crippen LogP contribution in [0.15, 0.2) is 24.5 Å². The fourth-order valence-corrected chi connectivity index (χ4v) is 1.35. The molecule has 3 N–H and O–H groups in total. The Kier molecular flexibility index (Phi) is 4.43. The molecule has 0 aliphatic heterocycles. The lowest BCUT2D eigenvalue weighted by Crippen LogP contribution is -2.44. The summed E-state index contributed by atoms with van der Waals surface area (Å²) in [6.45, 7) is 5.79. The van der Waals surface area contributed by atoms with Crippen molar-refractivity contribution < 1.29 is 4.79 Å². The summed E-state index contributed by atoms with van der Waals surface area (Å²) in [5, 5.41) is 2.89. The number of aromatic nitrogens is 1. The maximum absolute atomic E-state index is 11.7. The van der Waals surface area contributed by atoms with Gasteiger partial charge in [-0.05, 0) is 30.5 Å². The van der Waals surface area contributed by atoms with Gasteiger partial charge in [0.15, 0.2) is 0 Å². The molecule has 1 aromatic heterocycles. The van der Waals surface area contributed by atoms with E-state index in [9.17, 15) is 4.79 Å². The van der Waals surface area contributed by atoms with E-state index in [0.717, 1.165) is 5.56 Å². The number of hydrogen-bond acceptors (Lipinski definition) is 3. The number of nitrogens with zero attached hydrogens (tertiary/aromatic N) is 1. The van der Waals surface area contributed by atoms with Crippen molar-refractivity contribution >= 4 is 5.91 Å². The van der Waals surface area contributed by atoms with Gasteiger partial charge in [0.05, 0.1) is 12.1 Å². The molecule has 1 unspecified atom stereocenters. The first kappa shape index (κ1) is 12.6. The highest BCUT2D eigenvalue weighted by molar-refractivity contribution is 5.82. The second-order valence-electron chi connectivity index (χ2n) is 4.28. The maximum Gasteiger partial charge on any atom is 0.237 e. The number of nitrogens with one attached hydrogen (secondary N) is 1. The molecular formula is C12H19N3O. The Balaban J connectivity index is 2.58. The van der Waals surface area contributed by atoms with Gasteiger partial charge in [-0.1, -0.05) is 13.8 Å². The first-order chi connectivity index (χ1) is 7.52. The minimum atomic E-state index is -0.454. The van der Waals surface area contributed by atoms with Crippen molar-refractivity contribution in [3.05, 3.63) is 30.1 Å². The summed E-state index contributed by atoms with van der Waals surface area (Å²) in [6.07, 6.45) is 3.42. The van der Waals surface area contributed by atoms with E-state index >= 15 is 0 Å². The van der Waals surface area contributed by atoms with Crippen LogP contribution in [0.3, 0.4) is 0 Å². The molecule has 0 aromatic carbocycles. The lowest BCUT2D eigenvalue weighted by Gasteiger charge is -2.19. The van der Waals surface area contributed by atoms with Gasteiger partial charge in [-0.2, -0.15) is 0 Å². The third kappa shape index (κ3) is 3.31. The normalized spacial score (nSPS) is 14.6. The van der Waals surface area contributed by atoms with Crippen LogP contribution in [0.25, 0.3) is 0 Å². The largest absolute Gasteiger partial charge is 0.348 e. The minimum absolute atomic E-state index is 0.0414. The molecule has 0 fully saturated rings. The quantitative estimate of drug-likeness (QED) is 0.803. The zero-order valence-corrected chi connectivity index (χ0v) is 9.97. The fourth-order valence-electron chi connectivity index (χ4n) is 1.35. The third-order valence-electron chi connectivity index (χ3n) is 2.59.